The van der Waals surface area contributed by atoms with E-state index in [1.807, 2.05) is 0 Å². The molecule has 17 nitrogen and oxygen atoms in total. The maximum atomic E-state index is 13.2. The summed E-state index contributed by atoms with van der Waals surface area (Å²) in [5, 5.41) is 10.7. The molecule has 0 amide bonds. The molecule has 0 fully saturated rings. The molecule has 0 rings (SSSR count). The predicted molar refractivity (Wildman–Crippen MR) is 437 cm³/mol. The van der Waals surface area contributed by atoms with E-state index in [1.54, 1.807) is 0 Å². The molecule has 0 bridgehead atoms. The molecular formula is C87H170O17P2. The van der Waals surface area contributed by atoms with Crippen LogP contribution >= 0.6 is 15.6 Å². The fourth-order valence-electron chi connectivity index (χ4n) is 13.6. The fourth-order valence-corrected chi connectivity index (χ4v) is 15.2. The number of carbonyl (C=O) groups is 4. The molecule has 0 saturated carbocycles. The fraction of sp³-hybridized carbons (Fsp3) is 0.954. The highest BCUT2D eigenvalue weighted by Gasteiger charge is 2.30. The zero-order chi connectivity index (χ0) is 77.8. The minimum atomic E-state index is -4.97. The average Bonchev–Trinajstić information content (AvgIpc) is 0.901. The van der Waals surface area contributed by atoms with E-state index in [4.69, 9.17) is 37.0 Å². The second-order valence-corrected chi connectivity index (χ2v) is 35.1. The van der Waals surface area contributed by atoms with Crippen molar-refractivity contribution < 1.29 is 80.2 Å². The van der Waals surface area contributed by atoms with Crippen LogP contribution in [-0.2, 0) is 65.4 Å². The summed E-state index contributed by atoms with van der Waals surface area (Å²) in [5.41, 5.74) is 0. The van der Waals surface area contributed by atoms with Crippen LogP contribution in [0.3, 0.4) is 0 Å². The quantitative estimate of drug-likeness (QED) is 0.0222. The van der Waals surface area contributed by atoms with Crippen molar-refractivity contribution >= 4 is 39.5 Å². The zero-order valence-electron chi connectivity index (χ0n) is 69.7. The Hall–Kier alpha value is -1.94. The van der Waals surface area contributed by atoms with Gasteiger partial charge in [0.1, 0.15) is 19.3 Å². The van der Waals surface area contributed by atoms with E-state index in [1.165, 1.54) is 283 Å². The van der Waals surface area contributed by atoms with Gasteiger partial charge in [0.05, 0.1) is 26.4 Å². The van der Waals surface area contributed by atoms with Crippen molar-refractivity contribution in [2.24, 2.45) is 11.8 Å². The SMILES string of the molecule is CCCCCCCCCCCCCCCCCCCCC(=O)OC[C@H](COP(=O)(O)OC[C@@H](O)COP(=O)(O)OC[C@@H](COC(=O)CCCCCCCCCCCC(C)C)OC(=O)CCCCCCCCCCCCCCCCCCCC)OC(=O)CCCCCCCCCCCCCCCCCC(C)C. The van der Waals surface area contributed by atoms with E-state index in [2.05, 4.69) is 41.5 Å². The van der Waals surface area contributed by atoms with Gasteiger partial charge in [-0.15, -0.1) is 0 Å². The van der Waals surface area contributed by atoms with Crippen LogP contribution < -0.4 is 0 Å². The van der Waals surface area contributed by atoms with Crippen LogP contribution in [0.1, 0.15) is 465 Å². The number of carbonyl (C=O) groups excluding carboxylic acids is 4. The number of rotatable bonds is 86. The third-order valence-electron chi connectivity index (χ3n) is 20.5. The standard InChI is InChI=1S/C87H170O17P2/c1-7-9-11-13-15-17-19-21-23-25-27-31-35-39-45-51-57-63-69-84(89)97-75-82(103-86(91)72-66-60-54-47-41-37-33-29-30-34-38-43-49-55-61-67-79(3)4)77-101-105(93,94)99-73-81(88)74-100-106(95,96)102-78-83(76-98-85(90)70-64-58-52-48-42-44-50-56-62-68-80(5)6)104-87(92)71-65-59-53-46-40-36-32-28-26-24-22-20-18-16-14-12-10-8-2/h79-83,88H,7-78H2,1-6H3,(H,93,94)(H,95,96)/t81-,82-,83-/m1/s1. The Kier molecular flexibility index (Phi) is 76.9. The van der Waals surface area contributed by atoms with E-state index in [9.17, 15) is 43.2 Å². The van der Waals surface area contributed by atoms with Crippen molar-refractivity contribution in [3.63, 3.8) is 0 Å². The number of phosphoric acid groups is 2. The summed E-state index contributed by atoms with van der Waals surface area (Å²) < 4.78 is 69.0. The average molecular weight is 1550 g/mol. The van der Waals surface area contributed by atoms with E-state index in [0.717, 1.165) is 102 Å². The number of aliphatic hydroxyl groups excluding tert-OH is 1. The van der Waals surface area contributed by atoms with Gasteiger partial charge >= 0.3 is 39.5 Å². The third-order valence-corrected chi connectivity index (χ3v) is 22.4. The molecule has 0 aliphatic carbocycles. The molecule has 5 atom stereocenters. The Morgan fingerprint density at radius 3 is 0.642 bits per heavy atom. The van der Waals surface area contributed by atoms with Crippen LogP contribution in [0.15, 0.2) is 0 Å². The lowest BCUT2D eigenvalue weighted by atomic mass is 10.0. The zero-order valence-corrected chi connectivity index (χ0v) is 71.5. The first-order valence-corrected chi connectivity index (χ1v) is 48.0. The van der Waals surface area contributed by atoms with Crippen LogP contribution in [-0.4, -0.2) is 96.7 Å². The summed E-state index contributed by atoms with van der Waals surface area (Å²) in [4.78, 5) is 73.3. The van der Waals surface area contributed by atoms with E-state index in [-0.39, 0.29) is 25.7 Å². The topological polar surface area (TPSA) is 237 Å². The Balaban J connectivity index is 5.26. The second kappa shape index (κ2) is 78.3. The first-order chi connectivity index (χ1) is 51.4. The van der Waals surface area contributed by atoms with Gasteiger partial charge in [-0.05, 0) is 37.5 Å². The lowest BCUT2D eigenvalue weighted by molar-refractivity contribution is -0.161. The maximum Gasteiger partial charge on any atom is 0.472 e. The van der Waals surface area contributed by atoms with Gasteiger partial charge in [0.15, 0.2) is 12.2 Å². The van der Waals surface area contributed by atoms with Gasteiger partial charge in [0.2, 0.25) is 0 Å². The van der Waals surface area contributed by atoms with Gasteiger partial charge in [-0.2, -0.15) is 0 Å². The van der Waals surface area contributed by atoms with Crippen LogP contribution in [0.5, 0.6) is 0 Å². The molecule has 2 unspecified atom stereocenters. The largest absolute Gasteiger partial charge is 0.472 e. The molecule has 0 spiro atoms. The summed E-state index contributed by atoms with van der Waals surface area (Å²) in [6, 6.07) is 0. The van der Waals surface area contributed by atoms with Gasteiger partial charge in [0.25, 0.3) is 0 Å². The molecule has 0 aromatic rings. The molecule has 0 aromatic carbocycles. The molecular weight excluding hydrogens is 1380 g/mol. The smallest absolute Gasteiger partial charge is 0.462 e. The van der Waals surface area contributed by atoms with Crippen LogP contribution in [0.2, 0.25) is 0 Å². The molecule has 0 aromatic heterocycles. The van der Waals surface area contributed by atoms with Crippen molar-refractivity contribution in [2.75, 3.05) is 39.6 Å². The number of hydrogen-bond donors (Lipinski definition) is 3. The Morgan fingerprint density at radius 2 is 0.434 bits per heavy atom. The lowest BCUT2D eigenvalue weighted by Gasteiger charge is -2.21. The van der Waals surface area contributed by atoms with Gasteiger partial charge < -0.3 is 33.8 Å². The highest BCUT2D eigenvalue weighted by molar-refractivity contribution is 7.47. The first kappa shape index (κ1) is 104. The Morgan fingerprint density at radius 1 is 0.255 bits per heavy atom. The van der Waals surface area contributed by atoms with Crippen LogP contribution in [0.4, 0.5) is 0 Å². The summed E-state index contributed by atoms with van der Waals surface area (Å²) in [6.07, 6.45) is 70.8. The second-order valence-electron chi connectivity index (χ2n) is 32.2. The van der Waals surface area contributed by atoms with Crippen molar-refractivity contribution in [3.05, 3.63) is 0 Å². The van der Waals surface area contributed by atoms with Crippen LogP contribution in [0.25, 0.3) is 0 Å². The highest BCUT2D eigenvalue weighted by Crippen LogP contribution is 2.45. The molecule has 0 aliphatic rings. The molecule has 0 saturated heterocycles. The predicted octanol–water partition coefficient (Wildman–Crippen LogP) is 26.6. The molecule has 0 radical (unpaired) electrons. The Labute approximate surface area is 651 Å². The highest BCUT2D eigenvalue weighted by atomic mass is 31.2. The summed E-state index contributed by atoms with van der Waals surface area (Å²) in [6.45, 7) is 9.69. The maximum absolute atomic E-state index is 13.2. The van der Waals surface area contributed by atoms with Crippen molar-refractivity contribution in [2.45, 2.75) is 484 Å². The van der Waals surface area contributed by atoms with E-state index in [0.29, 0.717) is 25.7 Å². The van der Waals surface area contributed by atoms with Gasteiger partial charge in [-0.3, -0.25) is 37.3 Å². The summed E-state index contributed by atoms with van der Waals surface area (Å²) >= 11 is 0. The number of phosphoric ester groups is 2. The minimum Gasteiger partial charge on any atom is -0.462 e. The summed E-state index contributed by atoms with van der Waals surface area (Å²) in [5.74, 6) is -0.553. The van der Waals surface area contributed by atoms with Crippen molar-refractivity contribution in [1.29, 1.82) is 0 Å². The first-order valence-electron chi connectivity index (χ1n) is 45.0. The van der Waals surface area contributed by atoms with Gasteiger partial charge in [-0.1, -0.05) is 414 Å². The number of aliphatic hydroxyl groups is 1. The summed E-state index contributed by atoms with van der Waals surface area (Å²) in [7, 11) is -9.93. The molecule has 630 valence electrons. The van der Waals surface area contributed by atoms with E-state index < -0.39 is 97.5 Å². The van der Waals surface area contributed by atoms with Crippen molar-refractivity contribution in [3.8, 4) is 0 Å². The molecule has 3 N–H and O–H groups in total. The molecule has 106 heavy (non-hydrogen) atoms. The van der Waals surface area contributed by atoms with Gasteiger partial charge in [0, 0.05) is 25.7 Å². The lowest BCUT2D eigenvalue weighted by Crippen LogP contribution is -2.30. The van der Waals surface area contributed by atoms with Crippen LogP contribution in [0, 0.1) is 11.8 Å². The number of unbranched alkanes of at least 4 members (excludes halogenated alkanes) is 56. The van der Waals surface area contributed by atoms with E-state index >= 15 is 0 Å². The minimum absolute atomic E-state index is 0.108. The molecule has 0 aliphatic heterocycles. The number of esters is 4. The molecule has 0 heterocycles. The number of ether oxygens (including phenoxy) is 4. The Bertz CT molecular complexity index is 2030. The normalized spacial score (nSPS) is 13.8. The monoisotopic (exact) mass is 1550 g/mol. The van der Waals surface area contributed by atoms with Crippen molar-refractivity contribution in [1.82, 2.24) is 0 Å². The third kappa shape index (κ3) is 80.1. The van der Waals surface area contributed by atoms with Gasteiger partial charge in [-0.25, -0.2) is 9.13 Å². The molecule has 19 heteroatoms. The number of hydrogen-bond acceptors (Lipinski definition) is 15.